The van der Waals surface area contributed by atoms with Crippen LogP contribution in [0.2, 0.25) is 5.02 Å². The molecule has 2 fully saturated rings. The van der Waals surface area contributed by atoms with Crippen LogP contribution < -0.4 is 5.73 Å². The van der Waals surface area contributed by atoms with Gasteiger partial charge in [-0.05, 0) is 101 Å². The number of aryl methyl sites for hydroxylation is 1. The number of nitrogen functional groups attached to an aromatic ring is 1. The van der Waals surface area contributed by atoms with Crippen LogP contribution in [0.1, 0.15) is 69.9 Å². The molecule has 0 atom stereocenters. The van der Waals surface area contributed by atoms with E-state index in [1.165, 1.54) is 57.2 Å². The van der Waals surface area contributed by atoms with Gasteiger partial charge >= 0.3 is 0 Å². The molecule has 2 aliphatic rings. The van der Waals surface area contributed by atoms with Crippen molar-refractivity contribution in [2.75, 3.05) is 25.4 Å². The highest BCUT2D eigenvalue weighted by atomic mass is 35.5. The molecular weight excluding hydrogens is 356 g/mol. The number of ether oxygens (including phenoxy) is 1. The Kier molecular flexibility index (Phi) is 7.10. The summed E-state index contributed by atoms with van der Waals surface area (Å²) in [6.45, 7) is 10.1. The number of piperidine rings is 1. The second kappa shape index (κ2) is 9.15. The van der Waals surface area contributed by atoms with E-state index >= 15 is 0 Å². The average molecular weight is 393 g/mol. The Morgan fingerprint density at radius 3 is 2.48 bits per heavy atom. The summed E-state index contributed by atoms with van der Waals surface area (Å²) in [5.41, 5.74) is 9.84. The van der Waals surface area contributed by atoms with Crippen molar-refractivity contribution in [1.82, 2.24) is 4.90 Å². The van der Waals surface area contributed by atoms with Gasteiger partial charge in [-0.1, -0.05) is 24.6 Å². The molecular formula is C23H37ClN2O. The van der Waals surface area contributed by atoms with Gasteiger partial charge in [0.05, 0.1) is 6.10 Å². The molecule has 1 aromatic carbocycles. The number of nitrogens with two attached hydrogens (primary N) is 1. The monoisotopic (exact) mass is 392 g/mol. The van der Waals surface area contributed by atoms with E-state index in [4.69, 9.17) is 22.1 Å². The molecule has 1 heterocycles. The standard InChI is InChI=1S/C23H37ClN2O/c1-4-13-27-20-5-9-23(3,10-6-20)26-11-7-18(8-12-26)15-19-14-17(2)21(24)16-22(19)25/h14,16,18,20H,4-13,15,25H2,1-3H3. The van der Waals surface area contributed by atoms with Gasteiger partial charge < -0.3 is 10.5 Å². The fourth-order valence-electron chi connectivity index (χ4n) is 4.90. The first-order valence-corrected chi connectivity index (χ1v) is 11.2. The van der Waals surface area contributed by atoms with Crippen molar-refractivity contribution in [3.05, 3.63) is 28.3 Å². The van der Waals surface area contributed by atoms with Crippen molar-refractivity contribution in [3.63, 3.8) is 0 Å². The van der Waals surface area contributed by atoms with Crippen molar-refractivity contribution in [3.8, 4) is 0 Å². The first-order chi connectivity index (χ1) is 12.9. The molecule has 3 rings (SSSR count). The molecule has 0 bridgehead atoms. The quantitative estimate of drug-likeness (QED) is 0.639. The summed E-state index contributed by atoms with van der Waals surface area (Å²) in [4.78, 5) is 2.76. The van der Waals surface area contributed by atoms with Crippen molar-refractivity contribution < 1.29 is 4.74 Å². The summed E-state index contributed by atoms with van der Waals surface area (Å²) in [5.74, 6) is 0.733. The summed E-state index contributed by atoms with van der Waals surface area (Å²) in [6.07, 6.45) is 10.2. The van der Waals surface area contributed by atoms with Gasteiger partial charge in [0.15, 0.2) is 0 Å². The average Bonchev–Trinajstić information content (AvgIpc) is 2.66. The highest BCUT2D eigenvalue weighted by Gasteiger charge is 2.38. The summed E-state index contributed by atoms with van der Waals surface area (Å²) in [6, 6.07) is 4.10. The maximum atomic E-state index is 6.21. The lowest BCUT2D eigenvalue weighted by Gasteiger charge is -2.48. The molecule has 152 valence electrons. The fraction of sp³-hybridized carbons (Fsp3) is 0.739. The number of likely N-dealkylation sites (tertiary alicyclic amines) is 1. The van der Waals surface area contributed by atoms with Crippen LogP contribution in [0.15, 0.2) is 12.1 Å². The predicted molar refractivity (Wildman–Crippen MR) is 116 cm³/mol. The first kappa shape index (κ1) is 21.0. The van der Waals surface area contributed by atoms with Crippen molar-refractivity contribution in [2.24, 2.45) is 5.92 Å². The lowest BCUT2D eigenvalue weighted by atomic mass is 9.78. The Labute approximate surface area is 170 Å². The van der Waals surface area contributed by atoms with Crippen LogP contribution in [-0.2, 0) is 11.2 Å². The van der Waals surface area contributed by atoms with Crippen molar-refractivity contribution >= 4 is 17.3 Å². The molecule has 27 heavy (non-hydrogen) atoms. The largest absolute Gasteiger partial charge is 0.398 e. The molecule has 1 saturated heterocycles. The maximum absolute atomic E-state index is 6.21. The first-order valence-electron chi connectivity index (χ1n) is 10.8. The van der Waals surface area contributed by atoms with E-state index in [9.17, 15) is 0 Å². The lowest BCUT2D eigenvalue weighted by Crippen LogP contribution is -2.52. The number of rotatable bonds is 6. The second-order valence-corrected chi connectivity index (χ2v) is 9.41. The van der Waals surface area contributed by atoms with Crippen LogP contribution in [0.3, 0.4) is 0 Å². The summed E-state index contributed by atoms with van der Waals surface area (Å²) in [7, 11) is 0. The number of anilines is 1. The van der Waals surface area contributed by atoms with Crippen LogP contribution in [-0.4, -0.2) is 36.2 Å². The minimum Gasteiger partial charge on any atom is -0.398 e. The van der Waals surface area contributed by atoms with Crippen molar-refractivity contribution in [2.45, 2.75) is 83.8 Å². The topological polar surface area (TPSA) is 38.5 Å². The number of hydrogen-bond donors (Lipinski definition) is 1. The van der Waals surface area contributed by atoms with Gasteiger partial charge in [-0.2, -0.15) is 0 Å². The van der Waals surface area contributed by atoms with Gasteiger partial charge in [0.1, 0.15) is 0 Å². The van der Waals surface area contributed by atoms with Crippen LogP contribution in [0.4, 0.5) is 5.69 Å². The van der Waals surface area contributed by atoms with Crippen molar-refractivity contribution in [1.29, 1.82) is 0 Å². The normalized spacial score (nSPS) is 27.8. The van der Waals surface area contributed by atoms with Gasteiger partial charge in [0, 0.05) is 22.9 Å². The Bertz CT molecular complexity index is 617. The van der Waals surface area contributed by atoms with Gasteiger partial charge in [-0.3, -0.25) is 4.90 Å². The molecule has 2 N–H and O–H groups in total. The van der Waals surface area contributed by atoms with E-state index in [1.807, 2.05) is 6.07 Å². The van der Waals surface area contributed by atoms with E-state index < -0.39 is 0 Å². The van der Waals surface area contributed by atoms with E-state index in [1.54, 1.807) is 0 Å². The molecule has 4 heteroatoms. The Morgan fingerprint density at radius 2 is 1.85 bits per heavy atom. The van der Waals surface area contributed by atoms with Crippen LogP contribution in [0, 0.1) is 12.8 Å². The fourth-order valence-corrected chi connectivity index (χ4v) is 5.07. The Morgan fingerprint density at radius 1 is 1.19 bits per heavy atom. The molecule has 0 unspecified atom stereocenters. The zero-order chi connectivity index (χ0) is 19.4. The number of halogens is 1. The van der Waals surface area contributed by atoms with E-state index in [0.29, 0.717) is 11.6 Å². The highest BCUT2D eigenvalue weighted by Crippen LogP contribution is 2.38. The van der Waals surface area contributed by atoms with Gasteiger partial charge in [0.2, 0.25) is 0 Å². The van der Waals surface area contributed by atoms with Crippen LogP contribution >= 0.6 is 11.6 Å². The third-order valence-corrected chi connectivity index (χ3v) is 7.28. The molecule has 1 aliphatic heterocycles. The predicted octanol–water partition coefficient (Wildman–Crippen LogP) is 5.61. The van der Waals surface area contributed by atoms with Gasteiger partial charge in [-0.25, -0.2) is 0 Å². The Hall–Kier alpha value is -0.770. The summed E-state index contributed by atoms with van der Waals surface area (Å²) in [5, 5.41) is 0.775. The van der Waals surface area contributed by atoms with E-state index in [-0.39, 0.29) is 0 Å². The van der Waals surface area contributed by atoms with E-state index in [2.05, 4.69) is 31.7 Å². The zero-order valence-corrected chi connectivity index (χ0v) is 18.2. The smallest absolute Gasteiger partial charge is 0.0576 e. The minimum atomic E-state index is 0.368. The van der Waals surface area contributed by atoms with E-state index in [0.717, 1.165) is 41.6 Å². The maximum Gasteiger partial charge on any atom is 0.0576 e. The molecule has 0 spiro atoms. The molecule has 3 nitrogen and oxygen atoms in total. The molecule has 1 aromatic rings. The minimum absolute atomic E-state index is 0.368. The molecule has 0 amide bonds. The lowest BCUT2D eigenvalue weighted by molar-refractivity contribution is -0.0312. The van der Waals surface area contributed by atoms with Gasteiger partial charge in [0.25, 0.3) is 0 Å². The SMILES string of the molecule is CCCOC1CCC(C)(N2CCC(Cc3cc(C)c(Cl)cc3N)CC2)CC1. The molecule has 0 radical (unpaired) electrons. The molecule has 1 saturated carbocycles. The van der Waals surface area contributed by atoms with Crippen LogP contribution in [0.25, 0.3) is 0 Å². The van der Waals surface area contributed by atoms with Gasteiger partial charge in [-0.15, -0.1) is 0 Å². The second-order valence-electron chi connectivity index (χ2n) is 9.00. The molecule has 0 aromatic heterocycles. The number of nitrogens with zero attached hydrogens (tertiary/aromatic N) is 1. The molecule has 1 aliphatic carbocycles. The highest BCUT2D eigenvalue weighted by molar-refractivity contribution is 6.31. The number of benzene rings is 1. The summed E-state index contributed by atoms with van der Waals surface area (Å²) >= 11 is 6.19. The third kappa shape index (κ3) is 5.19. The number of hydrogen-bond acceptors (Lipinski definition) is 3. The Balaban J connectivity index is 1.50. The zero-order valence-electron chi connectivity index (χ0n) is 17.4. The third-order valence-electron chi connectivity index (χ3n) is 6.87. The van der Waals surface area contributed by atoms with Crippen LogP contribution in [0.5, 0.6) is 0 Å². The summed E-state index contributed by atoms with van der Waals surface area (Å²) < 4.78 is 5.99.